The van der Waals surface area contributed by atoms with Gasteiger partial charge in [0.25, 0.3) is 5.56 Å². The van der Waals surface area contributed by atoms with Gasteiger partial charge in [-0.05, 0) is 65.2 Å². The van der Waals surface area contributed by atoms with Gasteiger partial charge >= 0.3 is 5.97 Å². The number of aromatic nitrogens is 1. The molecule has 2 heterocycles. The van der Waals surface area contributed by atoms with Crippen molar-refractivity contribution in [1.29, 1.82) is 0 Å². The number of hydrogen-bond donors (Lipinski definition) is 0. The molecular weight excluding hydrogens is 680 g/mol. The van der Waals surface area contributed by atoms with Crippen molar-refractivity contribution in [3.63, 3.8) is 0 Å². The summed E-state index contributed by atoms with van der Waals surface area (Å²) in [5.41, 5.74) is 2.81. The number of carbonyl (C=O) groups is 1. The maximum atomic E-state index is 14.0. The van der Waals surface area contributed by atoms with Crippen molar-refractivity contribution in [1.82, 2.24) is 4.57 Å². The van der Waals surface area contributed by atoms with Crippen LogP contribution in [0.4, 0.5) is 0 Å². The van der Waals surface area contributed by atoms with Crippen LogP contribution in [0.3, 0.4) is 0 Å². The van der Waals surface area contributed by atoms with Crippen LogP contribution in [0.5, 0.6) is 5.75 Å². The van der Waals surface area contributed by atoms with Crippen molar-refractivity contribution >= 4 is 66.8 Å². The van der Waals surface area contributed by atoms with Crippen molar-refractivity contribution in [2.24, 2.45) is 4.99 Å². The molecule has 5 rings (SSSR count). The van der Waals surface area contributed by atoms with Gasteiger partial charge in [0, 0.05) is 15.1 Å². The Kier molecular flexibility index (Phi) is 8.75. The zero-order valence-electron chi connectivity index (χ0n) is 21.5. The molecule has 4 aromatic rings. The topological polar surface area (TPSA) is 69.9 Å². The van der Waals surface area contributed by atoms with Gasteiger partial charge in [0.2, 0.25) is 0 Å². The highest BCUT2D eigenvalue weighted by Crippen LogP contribution is 2.36. The van der Waals surface area contributed by atoms with E-state index in [9.17, 15) is 9.59 Å². The van der Waals surface area contributed by atoms with Crippen LogP contribution in [0.2, 0.25) is 5.02 Å². The number of halogens is 3. The third kappa shape index (κ3) is 5.74. The summed E-state index contributed by atoms with van der Waals surface area (Å²) < 4.78 is 15.1. The van der Waals surface area contributed by atoms with Crippen LogP contribution in [0.25, 0.3) is 6.08 Å². The van der Waals surface area contributed by atoms with Crippen molar-refractivity contribution in [2.75, 3.05) is 6.61 Å². The number of rotatable bonds is 7. The fourth-order valence-electron chi connectivity index (χ4n) is 4.49. The summed E-state index contributed by atoms with van der Waals surface area (Å²) >= 11 is 15.0. The molecule has 0 radical (unpaired) electrons. The van der Waals surface area contributed by atoms with Crippen LogP contribution < -0.4 is 19.6 Å². The first-order chi connectivity index (χ1) is 19.3. The molecule has 0 aliphatic carbocycles. The lowest BCUT2D eigenvalue weighted by atomic mass is 9.96. The zero-order valence-corrected chi connectivity index (χ0v) is 26.2. The van der Waals surface area contributed by atoms with Crippen LogP contribution in [0.1, 0.15) is 36.6 Å². The summed E-state index contributed by atoms with van der Waals surface area (Å²) in [5, 5.41) is 0.436. The van der Waals surface area contributed by atoms with E-state index in [0.29, 0.717) is 43.5 Å². The summed E-state index contributed by atoms with van der Waals surface area (Å²) in [6, 6.07) is 20.0. The van der Waals surface area contributed by atoms with E-state index in [4.69, 9.17) is 21.1 Å². The first-order valence-corrected chi connectivity index (χ1v) is 15.2. The van der Waals surface area contributed by atoms with E-state index in [0.717, 1.165) is 14.5 Å². The summed E-state index contributed by atoms with van der Waals surface area (Å²) in [7, 11) is 0. The average Bonchev–Trinajstić information content (AvgIpc) is 3.22. The average molecular weight is 703 g/mol. The first kappa shape index (κ1) is 28.5. The van der Waals surface area contributed by atoms with Gasteiger partial charge in [-0.15, -0.1) is 0 Å². The second-order valence-corrected chi connectivity index (χ2v) is 12.1. The summed E-state index contributed by atoms with van der Waals surface area (Å²) in [6.45, 7) is 4.03. The maximum Gasteiger partial charge on any atom is 0.338 e. The highest BCUT2D eigenvalue weighted by atomic mass is 79.9. The molecule has 40 heavy (non-hydrogen) atoms. The number of nitrogens with zero attached hydrogens (tertiary/aromatic N) is 2. The Morgan fingerprint density at radius 1 is 1.12 bits per heavy atom. The molecule has 10 heteroatoms. The predicted octanol–water partition coefficient (Wildman–Crippen LogP) is 6.56. The van der Waals surface area contributed by atoms with Gasteiger partial charge in [0.05, 0.1) is 26.9 Å². The van der Waals surface area contributed by atoms with E-state index < -0.39 is 12.0 Å². The van der Waals surface area contributed by atoms with Crippen LogP contribution >= 0.6 is 54.8 Å². The van der Waals surface area contributed by atoms with Crippen molar-refractivity contribution < 1.29 is 14.3 Å². The molecule has 0 spiro atoms. The smallest absolute Gasteiger partial charge is 0.338 e. The Morgan fingerprint density at radius 3 is 2.58 bits per heavy atom. The van der Waals surface area contributed by atoms with E-state index in [-0.39, 0.29) is 17.7 Å². The van der Waals surface area contributed by atoms with Crippen molar-refractivity contribution in [2.45, 2.75) is 26.5 Å². The third-order valence-electron chi connectivity index (χ3n) is 6.27. The van der Waals surface area contributed by atoms with Crippen LogP contribution in [0.15, 0.2) is 96.7 Å². The Balaban J connectivity index is 1.67. The van der Waals surface area contributed by atoms with E-state index in [1.165, 1.54) is 15.9 Å². The lowest BCUT2D eigenvalue weighted by Crippen LogP contribution is -2.40. The molecule has 1 aliphatic rings. The largest absolute Gasteiger partial charge is 0.487 e. The quantitative estimate of drug-likeness (QED) is 0.205. The lowest BCUT2D eigenvalue weighted by molar-refractivity contribution is -0.139. The monoisotopic (exact) mass is 700 g/mol. The number of carbonyl (C=O) groups excluding carboxylic acids is 1. The number of benzene rings is 3. The molecule has 3 aromatic carbocycles. The number of allylic oxidation sites excluding steroid dienone is 1. The Hall–Kier alpha value is -2.98. The number of ether oxygens (including phenoxy) is 2. The van der Waals surface area contributed by atoms with Gasteiger partial charge in [0.15, 0.2) is 4.80 Å². The van der Waals surface area contributed by atoms with Crippen LogP contribution in [-0.4, -0.2) is 17.1 Å². The minimum absolute atomic E-state index is 0.193. The van der Waals surface area contributed by atoms with Crippen molar-refractivity contribution in [3.05, 3.63) is 128 Å². The molecule has 0 N–H and O–H groups in total. The molecule has 1 aliphatic heterocycles. The fourth-order valence-corrected chi connectivity index (χ4v) is 7.14. The fraction of sp³-hybridized carbons (Fsp3) is 0.167. The zero-order chi connectivity index (χ0) is 28.4. The summed E-state index contributed by atoms with van der Waals surface area (Å²) in [5.74, 6) is 0.0689. The maximum absolute atomic E-state index is 14.0. The Morgan fingerprint density at radius 2 is 1.85 bits per heavy atom. The number of hydrogen-bond acceptors (Lipinski definition) is 6. The molecule has 6 nitrogen and oxygen atoms in total. The van der Waals surface area contributed by atoms with E-state index in [2.05, 4.69) is 36.9 Å². The molecule has 0 fully saturated rings. The van der Waals surface area contributed by atoms with Gasteiger partial charge in [-0.25, -0.2) is 9.79 Å². The van der Waals surface area contributed by atoms with Crippen molar-refractivity contribution in [3.8, 4) is 5.75 Å². The standard InChI is InChI=1S/C30H23Br2ClN2O4S/c1-3-38-29(37)25-17(2)34-30-35(26(25)21-11-7-8-12-23(21)33)28(36)24(40-30)14-19-13-20(31)15-22(32)27(19)39-16-18-9-5-4-6-10-18/h4-15,26H,3,16H2,1-2H3/b24-14-/t26-/m1/s1. The van der Waals surface area contributed by atoms with E-state index in [1.807, 2.05) is 54.6 Å². The molecule has 0 saturated heterocycles. The van der Waals surface area contributed by atoms with E-state index >= 15 is 0 Å². The van der Waals surface area contributed by atoms with Gasteiger partial charge in [-0.1, -0.05) is 87.4 Å². The highest BCUT2D eigenvalue weighted by molar-refractivity contribution is 9.11. The summed E-state index contributed by atoms with van der Waals surface area (Å²) in [6.07, 6.45) is 1.78. The molecule has 1 atom stereocenters. The van der Waals surface area contributed by atoms with Gasteiger partial charge in [0.1, 0.15) is 18.4 Å². The SMILES string of the molecule is CCOC(=O)C1=C(C)N=c2s/c(=C\c3cc(Br)cc(Br)c3OCc3ccccc3)c(=O)n2[C@@H]1c1ccccc1Cl. The number of fused-ring (bicyclic) bond motifs is 1. The third-order valence-corrected chi connectivity index (χ3v) is 8.64. The molecule has 0 bridgehead atoms. The molecule has 0 unspecified atom stereocenters. The number of esters is 1. The molecule has 0 amide bonds. The minimum Gasteiger partial charge on any atom is -0.487 e. The van der Waals surface area contributed by atoms with Crippen LogP contribution in [0, 0.1) is 0 Å². The second-order valence-electron chi connectivity index (χ2n) is 8.90. The Bertz CT molecular complexity index is 1820. The van der Waals surface area contributed by atoms with Gasteiger partial charge < -0.3 is 9.47 Å². The molecule has 0 saturated carbocycles. The molecule has 1 aromatic heterocycles. The predicted molar refractivity (Wildman–Crippen MR) is 164 cm³/mol. The highest BCUT2D eigenvalue weighted by Gasteiger charge is 2.34. The summed E-state index contributed by atoms with van der Waals surface area (Å²) in [4.78, 5) is 32.2. The van der Waals surface area contributed by atoms with E-state index in [1.54, 1.807) is 32.1 Å². The minimum atomic E-state index is -0.783. The second kappa shape index (κ2) is 12.3. The van der Waals surface area contributed by atoms with Crippen LogP contribution in [-0.2, 0) is 16.1 Å². The number of thiazole rings is 1. The van der Waals surface area contributed by atoms with Gasteiger partial charge in [-0.3, -0.25) is 9.36 Å². The normalized spacial score (nSPS) is 15.0. The Labute approximate surface area is 256 Å². The van der Waals surface area contributed by atoms with Gasteiger partial charge in [-0.2, -0.15) is 0 Å². The lowest BCUT2D eigenvalue weighted by Gasteiger charge is -2.25. The molecular formula is C30H23Br2ClN2O4S. The first-order valence-electron chi connectivity index (χ1n) is 12.4. The molecule has 204 valence electrons.